The third-order valence-corrected chi connectivity index (χ3v) is 11.1. The summed E-state index contributed by atoms with van der Waals surface area (Å²) in [4.78, 5) is 51.0. The summed E-state index contributed by atoms with van der Waals surface area (Å²) in [5.74, 6) is -3.79. The number of benzene rings is 1. The lowest BCUT2D eigenvalue weighted by Crippen LogP contribution is -2.72. The van der Waals surface area contributed by atoms with E-state index in [-0.39, 0.29) is 35.6 Å². The van der Waals surface area contributed by atoms with Crippen molar-refractivity contribution < 1.29 is 24.2 Å². The normalized spacial score (nSPS) is 36.8. The molecule has 0 spiro atoms. The maximum absolute atomic E-state index is 14.5. The quantitative estimate of drug-likeness (QED) is 0.503. The van der Waals surface area contributed by atoms with Crippen LogP contribution in [-0.2, 0) is 25.5 Å². The number of hydrogen-bond donors (Lipinski definition) is 3. The number of amides is 3. The number of nitrogens with zero attached hydrogens (tertiary/aromatic N) is 3. The number of rotatable bonds is 5. The van der Waals surface area contributed by atoms with Crippen LogP contribution in [0, 0.1) is 17.8 Å². The molecule has 10 heteroatoms. The number of aliphatic hydroxyl groups is 1. The second-order valence-corrected chi connectivity index (χ2v) is 13.7. The van der Waals surface area contributed by atoms with Crippen molar-refractivity contribution in [2.75, 3.05) is 20.1 Å². The highest BCUT2D eigenvalue weighted by Crippen LogP contribution is 2.49. The van der Waals surface area contributed by atoms with Crippen LogP contribution in [0.2, 0.25) is 0 Å². The summed E-state index contributed by atoms with van der Waals surface area (Å²) in [6.07, 6.45) is 5.60. The molecular weight excluding hydrogens is 534 g/mol. The van der Waals surface area contributed by atoms with Crippen LogP contribution in [0.25, 0.3) is 10.9 Å². The van der Waals surface area contributed by atoms with E-state index in [2.05, 4.69) is 46.6 Å². The van der Waals surface area contributed by atoms with Gasteiger partial charge in [0.05, 0.1) is 5.92 Å². The van der Waals surface area contributed by atoms with Gasteiger partial charge in [-0.05, 0) is 55.8 Å². The number of piperidine rings is 1. The lowest BCUT2D eigenvalue weighted by molar-refractivity contribution is -0.324. The van der Waals surface area contributed by atoms with Gasteiger partial charge < -0.3 is 25.2 Å². The number of aromatic nitrogens is 1. The SMILES string of the molecule is CCC(C)[C@H]1C(=O)N2CCC[C@H]2[C@]2(O)O[C@](NC(=O)[C@@H]3C[C@@H]4c5cccc6[nH]cc(c56)C[C@H]4N(C)C3)(C(C)C)C(=O)N12. The molecule has 0 bridgehead atoms. The maximum Gasteiger partial charge on any atom is 0.281 e. The van der Waals surface area contributed by atoms with Crippen molar-refractivity contribution in [1.82, 2.24) is 25.0 Å². The largest absolute Gasteiger partial charge is 0.361 e. The van der Waals surface area contributed by atoms with Gasteiger partial charge in [-0.3, -0.25) is 24.0 Å². The highest BCUT2D eigenvalue weighted by atomic mass is 16.7. The summed E-state index contributed by atoms with van der Waals surface area (Å²) in [7, 11) is 2.07. The van der Waals surface area contributed by atoms with Crippen LogP contribution < -0.4 is 5.32 Å². The van der Waals surface area contributed by atoms with Gasteiger partial charge in [-0.1, -0.05) is 46.2 Å². The number of carbonyl (C=O) groups is 3. The number of hydrogen-bond acceptors (Lipinski definition) is 6. The Balaban J connectivity index is 1.21. The van der Waals surface area contributed by atoms with Gasteiger partial charge in [0.15, 0.2) is 0 Å². The highest BCUT2D eigenvalue weighted by molar-refractivity contribution is 5.98. The Morgan fingerprint density at radius 3 is 2.79 bits per heavy atom. The Bertz CT molecular complexity index is 1460. The van der Waals surface area contributed by atoms with E-state index in [9.17, 15) is 19.5 Å². The molecule has 4 aliphatic heterocycles. The van der Waals surface area contributed by atoms with Gasteiger partial charge in [0.1, 0.15) is 12.1 Å². The molecule has 7 rings (SSSR count). The molecule has 1 unspecified atom stereocenters. The van der Waals surface area contributed by atoms with E-state index >= 15 is 0 Å². The van der Waals surface area contributed by atoms with E-state index in [1.807, 2.05) is 27.7 Å². The van der Waals surface area contributed by atoms with Gasteiger partial charge in [-0.25, -0.2) is 0 Å². The van der Waals surface area contributed by atoms with E-state index in [1.165, 1.54) is 21.4 Å². The van der Waals surface area contributed by atoms with E-state index in [4.69, 9.17) is 4.74 Å². The van der Waals surface area contributed by atoms with Gasteiger partial charge in [0.25, 0.3) is 11.8 Å². The van der Waals surface area contributed by atoms with E-state index < -0.39 is 35.5 Å². The molecular formula is C32H43N5O5. The molecule has 5 aliphatic rings. The van der Waals surface area contributed by atoms with Crippen LogP contribution in [0.5, 0.6) is 0 Å². The molecule has 3 amide bonds. The Labute approximate surface area is 246 Å². The van der Waals surface area contributed by atoms with Crippen LogP contribution in [0.15, 0.2) is 24.4 Å². The summed E-state index contributed by atoms with van der Waals surface area (Å²) >= 11 is 0. The molecule has 0 radical (unpaired) electrons. The average Bonchev–Trinajstić information content (AvgIpc) is 3.68. The zero-order valence-corrected chi connectivity index (χ0v) is 25.2. The van der Waals surface area contributed by atoms with E-state index in [0.29, 0.717) is 32.4 Å². The molecule has 4 saturated heterocycles. The van der Waals surface area contributed by atoms with Crippen LogP contribution in [-0.4, -0.2) is 92.4 Å². The Hall–Kier alpha value is -2.95. The fourth-order valence-corrected chi connectivity index (χ4v) is 8.64. The first-order valence-electron chi connectivity index (χ1n) is 15.7. The number of likely N-dealkylation sites (tertiary alicyclic amines) is 1. The second kappa shape index (κ2) is 9.53. The Morgan fingerprint density at radius 1 is 1.26 bits per heavy atom. The van der Waals surface area contributed by atoms with Crippen LogP contribution in [0.3, 0.4) is 0 Å². The summed E-state index contributed by atoms with van der Waals surface area (Å²) in [6.45, 7) is 8.63. The fourth-order valence-electron chi connectivity index (χ4n) is 8.64. The van der Waals surface area contributed by atoms with Gasteiger partial charge in [0, 0.05) is 48.1 Å². The lowest BCUT2D eigenvalue weighted by atomic mass is 9.72. The van der Waals surface area contributed by atoms with Crippen molar-refractivity contribution in [2.45, 2.75) is 95.5 Å². The first-order valence-corrected chi connectivity index (χ1v) is 15.7. The van der Waals surface area contributed by atoms with Crippen LogP contribution in [0.4, 0.5) is 0 Å². The summed E-state index contributed by atoms with van der Waals surface area (Å²) < 4.78 is 6.47. The zero-order chi connectivity index (χ0) is 29.7. The molecule has 42 heavy (non-hydrogen) atoms. The van der Waals surface area contributed by atoms with Crippen molar-refractivity contribution >= 4 is 28.6 Å². The molecule has 5 heterocycles. The molecule has 3 N–H and O–H groups in total. The molecule has 1 aromatic heterocycles. The topological polar surface area (TPSA) is 118 Å². The van der Waals surface area contributed by atoms with Gasteiger partial charge >= 0.3 is 0 Å². The number of nitrogens with one attached hydrogen (secondary N) is 2. The van der Waals surface area contributed by atoms with Crippen molar-refractivity contribution in [3.05, 3.63) is 35.5 Å². The summed E-state index contributed by atoms with van der Waals surface area (Å²) in [6, 6.07) is 5.12. The maximum atomic E-state index is 14.5. The molecule has 1 aliphatic carbocycles. The number of piperazine rings is 1. The number of ether oxygens (including phenoxy) is 1. The highest BCUT2D eigenvalue weighted by Gasteiger charge is 2.72. The molecule has 2 aromatic rings. The third kappa shape index (κ3) is 3.64. The van der Waals surface area contributed by atoms with Crippen molar-refractivity contribution in [2.24, 2.45) is 17.8 Å². The van der Waals surface area contributed by atoms with Crippen molar-refractivity contribution in [3.8, 4) is 0 Å². The number of carbonyl (C=O) groups excluding carboxylic acids is 3. The van der Waals surface area contributed by atoms with Crippen molar-refractivity contribution in [1.29, 1.82) is 0 Å². The van der Waals surface area contributed by atoms with Crippen molar-refractivity contribution in [3.63, 3.8) is 0 Å². The lowest BCUT2D eigenvalue weighted by Gasteiger charge is -2.50. The monoisotopic (exact) mass is 577 g/mol. The minimum Gasteiger partial charge on any atom is -0.361 e. The minimum atomic E-state index is -1.99. The standard InChI is InChI=1S/C32H43N5O5/c1-6-18(4)27-29(39)36-12-8-11-25(36)32(41)37(27)30(40)31(42-32,17(2)3)34-28(38)20-13-22-21-9-7-10-23-26(21)19(15-33-23)14-24(22)35(5)16-20/h7,9-10,15,17-18,20,22,24-25,27,33,41H,6,8,11-14,16H2,1-5H3,(H,34,38)/t18?,20-,22-,24-,25+,27+,31-,32+/m1/s1. The summed E-state index contributed by atoms with van der Waals surface area (Å²) in [5.41, 5.74) is 1.93. The first-order chi connectivity index (χ1) is 20.0. The van der Waals surface area contributed by atoms with Crippen LogP contribution in [0.1, 0.15) is 70.4 Å². The predicted octanol–water partition coefficient (Wildman–Crippen LogP) is 2.52. The summed E-state index contributed by atoms with van der Waals surface area (Å²) in [5, 5.41) is 16.5. The molecule has 0 saturated carbocycles. The molecule has 8 atom stereocenters. The fraction of sp³-hybridized carbons (Fsp3) is 0.656. The third-order valence-electron chi connectivity index (χ3n) is 11.1. The van der Waals surface area contributed by atoms with E-state index in [0.717, 1.165) is 18.4 Å². The second-order valence-electron chi connectivity index (χ2n) is 13.7. The Morgan fingerprint density at radius 2 is 2.05 bits per heavy atom. The zero-order valence-electron chi connectivity index (χ0n) is 25.2. The molecule has 10 nitrogen and oxygen atoms in total. The molecule has 1 aromatic carbocycles. The number of likely N-dealkylation sites (N-methyl/N-ethyl adjacent to an activating group) is 1. The van der Waals surface area contributed by atoms with Gasteiger partial charge in [-0.15, -0.1) is 0 Å². The number of aromatic amines is 1. The van der Waals surface area contributed by atoms with E-state index in [1.54, 1.807) is 4.90 Å². The predicted molar refractivity (Wildman–Crippen MR) is 156 cm³/mol. The van der Waals surface area contributed by atoms with Gasteiger partial charge in [-0.2, -0.15) is 0 Å². The Kier molecular flexibility index (Phi) is 6.32. The number of fused-ring (bicyclic) bond motifs is 5. The molecule has 4 fully saturated rings. The van der Waals surface area contributed by atoms with Crippen LogP contribution >= 0.6 is 0 Å². The minimum absolute atomic E-state index is 0.144. The van der Waals surface area contributed by atoms with Gasteiger partial charge in [0.2, 0.25) is 17.5 Å². The molecule has 226 valence electrons. The first kappa shape index (κ1) is 27.9. The average molecular weight is 578 g/mol. The number of H-pyrrole nitrogens is 1. The smallest absolute Gasteiger partial charge is 0.281 e.